The minimum absolute atomic E-state index is 0.278. The van der Waals surface area contributed by atoms with Crippen LogP contribution in [0.5, 0.6) is 11.5 Å². The molecule has 0 radical (unpaired) electrons. The first-order chi connectivity index (χ1) is 12.8. The third kappa shape index (κ3) is 6.87. The molecule has 0 aromatic heterocycles. The molecule has 1 heterocycles. The van der Waals surface area contributed by atoms with Gasteiger partial charge in [-0.05, 0) is 19.1 Å². The molecule has 0 spiro atoms. The Bertz CT molecular complexity index is 680. The summed E-state index contributed by atoms with van der Waals surface area (Å²) < 4.78 is 48.3. The number of aliphatic imine (C=N–C) groups is 1. The van der Waals surface area contributed by atoms with Crippen LogP contribution >= 0.6 is 0 Å². The minimum atomic E-state index is -4.44. The number of carbonyl (C=O) groups excluding carboxylic acids is 1. The van der Waals surface area contributed by atoms with Crippen LogP contribution < -0.4 is 20.1 Å². The standard InChI is InChI=1S/C17H23F3N4O3/c1-3-21-16(22-10-15(25)24(2)11-17(18,19)20)23-12-5-6-13-14(9-12)27-8-4-7-26-13/h5-6,9H,3-4,7-8,10-11H2,1-2H3,(H2,21,22,23). The number of hydrogen-bond acceptors (Lipinski definition) is 4. The number of nitrogens with one attached hydrogen (secondary N) is 2. The third-order valence-electron chi connectivity index (χ3n) is 3.57. The van der Waals surface area contributed by atoms with Gasteiger partial charge in [-0.3, -0.25) is 4.79 Å². The summed E-state index contributed by atoms with van der Waals surface area (Å²) in [6.45, 7) is 1.76. The number of fused-ring (bicyclic) bond motifs is 1. The summed E-state index contributed by atoms with van der Waals surface area (Å²) in [7, 11) is 1.09. The van der Waals surface area contributed by atoms with Crippen LogP contribution in [0.1, 0.15) is 13.3 Å². The molecule has 0 saturated heterocycles. The van der Waals surface area contributed by atoms with Crippen molar-refractivity contribution in [3.8, 4) is 11.5 Å². The van der Waals surface area contributed by atoms with Gasteiger partial charge in [0.15, 0.2) is 17.5 Å². The number of halogens is 3. The van der Waals surface area contributed by atoms with Crippen molar-refractivity contribution >= 4 is 17.6 Å². The van der Waals surface area contributed by atoms with Crippen molar-refractivity contribution in [3.63, 3.8) is 0 Å². The molecule has 7 nitrogen and oxygen atoms in total. The first-order valence-corrected chi connectivity index (χ1v) is 8.54. The molecule has 1 aliphatic heterocycles. The molecular formula is C17H23F3N4O3. The largest absolute Gasteiger partial charge is 0.490 e. The maximum absolute atomic E-state index is 12.4. The summed E-state index contributed by atoms with van der Waals surface area (Å²) in [4.78, 5) is 16.5. The van der Waals surface area contributed by atoms with Gasteiger partial charge in [-0.1, -0.05) is 0 Å². The Labute approximate surface area is 155 Å². The predicted octanol–water partition coefficient (Wildman–Crippen LogP) is 2.25. The molecule has 0 saturated carbocycles. The molecule has 27 heavy (non-hydrogen) atoms. The molecule has 0 atom stereocenters. The first kappa shape index (κ1) is 20.7. The number of guanidine groups is 1. The molecule has 0 unspecified atom stereocenters. The van der Waals surface area contributed by atoms with Gasteiger partial charge in [-0.25, -0.2) is 4.99 Å². The van der Waals surface area contributed by atoms with Crippen molar-refractivity contribution in [3.05, 3.63) is 18.2 Å². The van der Waals surface area contributed by atoms with Crippen LogP contribution in [0.2, 0.25) is 0 Å². The Balaban J connectivity index is 2.03. The van der Waals surface area contributed by atoms with E-state index in [4.69, 9.17) is 9.47 Å². The van der Waals surface area contributed by atoms with Gasteiger partial charge in [-0.15, -0.1) is 0 Å². The zero-order chi connectivity index (χ0) is 19.9. The van der Waals surface area contributed by atoms with Gasteiger partial charge in [0.05, 0.1) is 13.2 Å². The van der Waals surface area contributed by atoms with Gasteiger partial charge in [0, 0.05) is 31.8 Å². The maximum Gasteiger partial charge on any atom is 0.406 e. The number of nitrogens with zero attached hydrogens (tertiary/aromatic N) is 2. The lowest BCUT2D eigenvalue weighted by molar-refractivity contribution is -0.157. The number of carbonyl (C=O) groups is 1. The lowest BCUT2D eigenvalue weighted by atomic mass is 10.3. The summed E-state index contributed by atoms with van der Waals surface area (Å²) >= 11 is 0. The van der Waals surface area contributed by atoms with Crippen molar-refractivity contribution < 1.29 is 27.4 Å². The minimum Gasteiger partial charge on any atom is -0.490 e. The number of hydrogen-bond donors (Lipinski definition) is 2. The van der Waals surface area contributed by atoms with Crippen LogP contribution in [0.15, 0.2) is 23.2 Å². The molecular weight excluding hydrogens is 365 g/mol. The fraction of sp³-hybridized carbons (Fsp3) is 0.529. The Morgan fingerprint density at radius 2 is 1.96 bits per heavy atom. The molecule has 0 bridgehead atoms. The number of anilines is 1. The second-order valence-electron chi connectivity index (χ2n) is 5.90. The Kier molecular flexibility index (Phi) is 7.14. The van der Waals surface area contributed by atoms with Gasteiger partial charge < -0.3 is 25.0 Å². The van der Waals surface area contributed by atoms with E-state index >= 15 is 0 Å². The third-order valence-corrected chi connectivity index (χ3v) is 3.57. The van der Waals surface area contributed by atoms with Gasteiger partial charge in [0.1, 0.15) is 13.1 Å². The van der Waals surface area contributed by atoms with Crippen LogP contribution in [0.3, 0.4) is 0 Å². The first-order valence-electron chi connectivity index (χ1n) is 8.54. The van der Waals surface area contributed by atoms with E-state index in [1.54, 1.807) is 18.2 Å². The topological polar surface area (TPSA) is 75.2 Å². The van der Waals surface area contributed by atoms with Gasteiger partial charge in [-0.2, -0.15) is 13.2 Å². The van der Waals surface area contributed by atoms with E-state index in [1.807, 2.05) is 6.92 Å². The van der Waals surface area contributed by atoms with E-state index in [2.05, 4.69) is 15.6 Å². The quantitative estimate of drug-likeness (QED) is 0.598. The van der Waals surface area contributed by atoms with Crippen molar-refractivity contribution in [2.45, 2.75) is 19.5 Å². The summed E-state index contributed by atoms with van der Waals surface area (Å²) in [5, 5.41) is 5.94. The maximum atomic E-state index is 12.4. The number of benzene rings is 1. The highest BCUT2D eigenvalue weighted by molar-refractivity contribution is 5.95. The average molecular weight is 388 g/mol. The Hall–Kier alpha value is -2.65. The van der Waals surface area contributed by atoms with E-state index in [1.165, 1.54) is 0 Å². The van der Waals surface area contributed by atoms with Crippen LogP contribution in [-0.2, 0) is 4.79 Å². The fourth-order valence-electron chi connectivity index (χ4n) is 2.31. The van der Waals surface area contributed by atoms with E-state index in [0.29, 0.717) is 41.8 Å². The zero-order valence-corrected chi connectivity index (χ0v) is 15.2. The molecule has 2 N–H and O–H groups in total. The number of likely N-dealkylation sites (N-methyl/N-ethyl adjacent to an activating group) is 1. The number of alkyl halides is 3. The highest BCUT2D eigenvalue weighted by Crippen LogP contribution is 2.32. The zero-order valence-electron chi connectivity index (χ0n) is 15.2. The Morgan fingerprint density at radius 1 is 1.26 bits per heavy atom. The van der Waals surface area contributed by atoms with Crippen LogP contribution in [0, 0.1) is 0 Å². The molecule has 2 rings (SSSR count). The molecule has 150 valence electrons. The molecule has 1 aromatic carbocycles. The fourth-order valence-corrected chi connectivity index (χ4v) is 2.31. The van der Waals surface area contributed by atoms with Gasteiger partial charge >= 0.3 is 6.18 Å². The molecule has 0 aliphatic carbocycles. The van der Waals surface area contributed by atoms with Crippen LogP contribution in [0.4, 0.5) is 18.9 Å². The second kappa shape index (κ2) is 9.33. The predicted molar refractivity (Wildman–Crippen MR) is 95.3 cm³/mol. The summed E-state index contributed by atoms with van der Waals surface area (Å²) in [6, 6.07) is 5.26. The van der Waals surface area contributed by atoms with Crippen LogP contribution in [0.25, 0.3) is 0 Å². The highest BCUT2D eigenvalue weighted by atomic mass is 19.4. The molecule has 0 fully saturated rings. The lowest BCUT2D eigenvalue weighted by Gasteiger charge is -2.18. The van der Waals surface area contributed by atoms with Crippen LogP contribution in [-0.4, -0.2) is 62.8 Å². The lowest BCUT2D eigenvalue weighted by Crippen LogP contribution is -2.38. The molecule has 1 aromatic rings. The number of rotatable bonds is 5. The Morgan fingerprint density at radius 3 is 2.63 bits per heavy atom. The van der Waals surface area contributed by atoms with Gasteiger partial charge in [0.25, 0.3) is 0 Å². The van der Waals surface area contributed by atoms with E-state index in [0.717, 1.165) is 13.5 Å². The summed E-state index contributed by atoms with van der Waals surface area (Å²) in [5.74, 6) is 0.780. The van der Waals surface area contributed by atoms with E-state index in [-0.39, 0.29) is 5.96 Å². The van der Waals surface area contributed by atoms with Crippen molar-refractivity contribution in [2.75, 3.05) is 45.2 Å². The SMILES string of the molecule is CCNC(=NCC(=O)N(C)CC(F)(F)F)Nc1ccc2c(c1)OCCCO2. The second-order valence-corrected chi connectivity index (χ2v) is 5.90. The van der Waals surface area contributed by atoms with E-state index < -0.39 is 25.2 Å². The number of amides is 1. The average Bonchev–Trinajstić information content (AvgIpc) is 2.83. The van der Waals surface area contributed by atoms with E-state index in [9.17, 15) is 18.0 Å². The van der Waals surface area contributed by atoms with Crippen molar-refractivity contribution in [2.24, 2.45) is 4.99 Å². The number of ether oxygens (including phenoxy) is 2. The molecule has 1 aliphatic rings. The molecule has 1 amide bonds. The van der Waals surface area contributed by atoms with Crippen molar-refractivity contribution in [1.29, 1.82) is 0 Å². The van der Waals surface area contributed by atoms with Gasteiger partial charge in [0.2, 0.25) is 5.91 Å². The normalized spacial score (nSPS) is 14.3. The summed E-state index contributed by atoms with van der Waals surface area (Å²) in [5.41, 5.74) is 0.648. The highest BCUT2D eigenvalue weighted by Gasteiger charge is 2.31. The monoisotopic (exact) mass is 388 g/mol. The smallest absolute Gasteiger partial charge is 0.406 e. The molecule has 10 heteroatoms. The van der Waals surface area contributed by atoms with Crippen molar-refractivity contribution in [1.82, 2.24) is 10.2 Å². The summed E-state index contributed by atoms with van der Waals surface area (Å²) in [6.07, 6.45) is -3.66.